The van der Waals surface area contributed by atoms with E-state index in [1.54, 1.807) is 0 Å². The van der Waals surface area contributed by atoms with Gasteiger partial charge in [0.1, 0.15) is 5.01 Å². The van der Waals surface area contributed by atoms with Gasteiger partial charge in [-0.3, -0.25) is 10.1 Å². The van der Waals surface area contributed by atoms with Crippen molar-refractivity contribution in [3.05, 3.63) is 29.3 Å². The summed E-state index contributed by atoms with van der Waals surface area (Å²) in [6.07, 6.45) is 0.822. The predicted octanol–water partition coefficient (Wildman–Crippen LogP) is 2.41. The lowest BCUT2D eigenvalue weighted by Gasteiger charge is -2.04. The third kappa shape index (κ3) is 3.93. The molecule has 0 saturated heterocycles. The highest BCUT2D eigenvalue weighted by Gasteiger charge is 2.08. The van der Waals surface area contributed by atoms with Crippen LogP contribution < -0.4 is 11.1 Å². The van der Waals surface area contributed by atoms with Gasteiger partial charge in [-0.15, -0.1) is 22.0 Å². The number of aromatic nitrogens is 2. The van der Waals surface area contributed by atoms with E-state index in [0.29, 0.717) is 16.6 Å². The van der Waals surface area contributed by atoms with E-state index in [2.05, 4.69) is 15.5 Å². The Balaban J connectivity index is 1.86. The molecule has 1 amide bonds. The zero-order chi connectivity index (χ0) is 13.7. The number of rotatable bonds is 5. The van der Waals surface area contributed by atoms with Crippen LogP contribution in [0.1, 0.15) is 11.9 Å². The number of nitrogens with two attached hydrogens (primary N) is 1. The second kappa shape index (κ2) is 6.53. The third-order valence-corrected chi connectivity index (χ3v) is 4.37. The molecule has 3 N–H and O–H groups in total. The molecule has 0 aliphatic heterocycles. The summed E-state index contributed by atoms with van der Waals surface area (Å²) >= 11 is 2.80. The summed E-state index contributed by atoms with van der Waals surface area (Å²) in [5, 5.41) is 12.0. The van der Waals surface area contributed by atoms with Gasteiger partial charge in [0, 0.05) is 10.6 Å². The number of thioether (sulfide) groups is 1. The zero-order valence-corrected chi connectivity index (χ0v) is 12.1. The molecule has 100 valence electrons. The van der Waals surface area contributed by atoms with Crippen LogP contribution in [0.2, 0.25) is 0 Å². The number of aryl methyl sites for hydroxylation is 1. The zero-order valence-electron chi connectivity index (χ0n) is 10.4. The molecular formula is C12H14N4OS2. The van der Waals surface area contributed by atoms with Crippen molar-refractivity contribution in [2.75, 3.05) is 16.8 Å². The van der Waals surface area contributed by atoms with E-state index >= 15 is 0 Å². The summed E-state index contributed by atoms with van der Waals surface area (Å²) in [6, 6.07) is 7.48. The largest absolute Gasteiger partial charge is 0.398 e. The number of anilines is 2. The van der Waals surface area contributed by atoms with Crippen molar-refractivity contribution in [1.82, 2.24) is 10.2 Å². The summed E-state index contributed by atoms with van der Waals surface area (Å²) in [5.74, 6) is 0.196. The second-order valence-electron chi connectivity index (χ2n) is 3.73. The summed E-state index contributed by atoms with van der Waals surface area (Å²) < 4.78 is 0. The minimum atomic E-state index is -0.105. The van der Waals surface area contributed by atoms with Crippen molar-refractivity contribution in [1.29, 1.82) is 0 Å². The molecule has 0 radical (unpaired) electrons. The van der Waals surface area contributed by atoms with Gasteiger partial charge in [-0.2, -0.15) is 0 Å². The average Bonchev–Trinajstić information content (AvgIpc) is 2.85. The highest BCUT2D eigenvalue weighted by molar-refractivity contribution is 8.00. The molecule has 0 aliphatic rings. The average molecular weight is 294 g/mol. The Morgan fingerprint density at radius 2 is 2.21 bits per heavy atom. The molecule has 7 heteroatoms. The molecule has 0 aliphatic carbocycles. The lowest BCUT2D eigenvalue weighted by Crippen LogP contribution is -2.13. The Kier molecular flexibility index (Phi) is 4.75. The van der Waals surface area contributed by atoms with Crippen LogP contribution in [-0.4, -0.2) is 21.9 Å². The standard InChI is InChI=1S/C12H14N4OS2/c1-2-11-15-16-12(19-11)14-10(17)7-18-9-6-4-3-5-8(9)13/h3-6H,2,7,13H2,1H3,(H,14,16,17). The molecule has 0 saturated carbocycles. The Hall–Kier alpha value is -1.60. The fourth-order valence-corrected chi connectivity index (χ4v) is 2.82. The Bertz CT molecular complexity index is 570. The summed E-state index contributed by atoms with van der Waals surface area (Å²) in [5.41, 5.74) is 6.49. The van der Waals surface area contributed by atoms with Crippen molar-refractivity contribution >= 4 is 39.8 Å². The molecule has 5 nitrogen and oxygen atoms in total. The summed E-state index contributed by atoms with van der Waals surface area (Å²) in [7, 11) is 0. The highest BCUT2D eigenvalue weighted by Crippen LogP contribution is 2.24. The molecule has 1 aromatic heterocycles. The maximum atomic E-state index is 11.8. The van der Waals surface area contributed by atoms with Gasteiger partial charge >= 0.3 is 0 Å². The van der Waals surface area contributed by atoms with Crippen molar-refractivity contribution in [3.63, 3.8) is 0 Å². The molecule has 2 rings (SSSR count). The van der Waals surface area contributed by atoms with Gasteiger partial charge in [-0.05, 0) is 18.6 Å². The first-order valence-electron chi connectivity index (χ1n) is 5.78. The molecule has 1 heterocycles. The normalized spacial score (nSPS) is 10.4. The van der Waals surface area contributed by atoms with Gasteiger partial charge in [-0.25, -0.2) is 0 Å². The lowest BCUT2D eigenvalue weighted by atomic mass is 10.3. The Morgan fingerprint density at radius 1 is 1.42 bits per heavy atom. The number of hydrogen-bond donors (Lipinski definition) is 2. The first kappa shape index (κ1) is 13.8. The van der Waals surface area contributed by atoms with Crippen LogP contribution >= 0.6 is 23.1 Å². The van der Waals surface area contributed by atoms with Gasteiger partial charge < -0.3 is 5.73 Å². The number of hydrogen-bond acceptors (Lipinski definition) is 6. The van der Waals surface area contributed by atoms with Crippen LogP contribution in [0.15, 0.2) is 29.2 Å². The lowest BCUT2D eigenvalue weighted by molar-refractivity contribution is -0.113. The SMILES string of the molecule is CCc1nnc(NC(=O)CSc2ccccc2N)s1. The fraction of sp³-hybridized carbons (Fsp3) is 0.250. The number of carbonyl (C=O) groups is 1. The fourth-order valence-electron chi connectivity index (χ4n) is 1.36. The highest BCUT2D eigenvalue weighted by atomic mass is 32.2. The molecular weight excluding hydrogens is 280 g/mol. The van der Waals surface area contributed by atoms with Crippen LogP contribution in [0.5, 0.6) is 0 Å². The number of carbonyl (C=O) groups excluding carboxylic acids is 1. The molecule has 0 fully saturated rings. The minimum absolute atomic E-state index is 0.105. The third-order valence-electron chi connectivity index (χ3n) is 2.29. The van der Waals surface area contributed by atoms with Crippen LogP contribution in [-0.2, 0) is 11.2 Å². The number of para-hydroxylation sites is 1. The smallest absolute Gasteiger partial charge is 0.236 e. The Labute approximate surface area is 119 Å². The molecule has 0 unspecified atom stereocenters. The van der Waals surface area contributed by atoms with Gasteiger partial charge in [-0.1, -0.05) is 30.4 Å². The predicted molar refractivity (Wildman–Crippen MR) is 79.5 cm³/mol. The maximum Gasteiger partial charge on any atom is 0.236 e. The number of benzene rings is 1. The topological polar surface area (TPSA) is 80.9 Å². The number of nitrogen functional groups attached to an aromatic ring is 1. The van der Waals surface area contributed by atoms with E-state index in [0.717, 1.165) is 16.3 Å². The van der Waals surface area contributed by atoms with Crippen LogP contribution in [0.3, 0.4) is 0 Å². The number of nitrogens with zero attached hydrogens (tertiary/aromatic N) is 2. The van der Waals surface area contributed by atoms with E-state index in [4.69, 9.17) is 5.73 Å². The number of amides is 1. The van der Waals surface area contributed by atoms with Crippen molar-refractivity contribution < 1.29 is 4.79 Å². The molecule has 2 aromatic rings. The summed E-state index contributed by atoms with van der Waals surface area (Å²) in [4.78, 5) is 12.7. The van der Waals surface area contributed by atoms with E-state index < -0.39 is 0 Å². The van der Waals surface area contributed by atoms with Crippen molar-refractivity contribution in [2.24, 2.45) is 0 Å². The van der Waals surface area contributed by atoms with Crippen molar-refractivity contribution in [2.45, 2.75) is 18.2 Å². The quantitative estimate of drug-likeness (QED) is 0.654. The first-order chi connectivity index (χ1) is 9.19. The minimum Gasteiger partial charge on any atom is -0.398 e. The monoisotopic (exact) mass is 294 g/mol. The first-order valence-corrected chi connectivity index (χ1v) is 7.58. The molecule has 0 bridgehead atoms. The van der Waals surface area contributed by atoms with E-state index in [-0.39, 0.29) is 5.91 Å². The summed E-state index contributed by atoms with van der Waals surface area (Å²) in [6.45, 7) is 2.00. The second-order valence-corrected chi connectivity index (χ2v) is 5.81. The Morgan fingerprint density at radius 3 is 2.89 bits per heavy atom. The molecule has 19 heavy (non-hydrogen) atoms. The van der Waals surface area contributed by atoms with Gasteiger partial charge in [0.2, 0.25) is 11.0 Å². The molecule has 0 spiro atoms. The van der Waals surface area contributed by atoms with Crippen LogP contribution in [0.4, 0.5) is 10.8 Å². The van der Waals surface area contributed by atoms with Crippen LogP contribution in [0, 0.1) is 0 Å². The van der Waals surface area contributed by atoms with E-state index in [1.807, 2.05) is 31.2 Å². The molecule has 1 aromatic carbocycles. The van der Waals surface area contributed by atoms with Gasteiger partial charge in [0.15, 0.2) is 0 Å². The van der Waals surface area contributed by atoms with Gasteiger partial charge in [0.25, 0.3) is 0 Å². The number of nitrogens with one attached hydrogen (secondary N) is 1. The molecule has 0 atom stereocenters. The van der Waals surface area contributed by atoms with E-state index in [9.17, 15) is 4.79 Å². The van der Waals surface area contributed by atoms with E-state index in [1.165, 1.54) is 23.1 Å². The van der Waals surface area contributed by atoms with Crippen molar-refractivity contribution in [3.8, 4) is 0 Å². The van der Waals surface area contributed by atoms with Crippen LogP contribution in [0.25, 0.3) is 0 Å². The maximum absolute atomic E-state index is 11.8. The van der Waals surface area contributed by atoms with Gasteiger partial charge in [0.05, 0.1) is 5.75 Å².